The van der Waals surface area contributed by atoms with E-state index in [0.717, 1.165) is 0 Å². The molecule has 0 atom stereocenters. The minimum Gasteiger partial charge on any atom is -0.260 e. The first-order valence-corrected chi connectivity index (χ1v) is 6.57. The summed E-state index contributed by atoms with van der Waals surface area (Å²) >= 11 is 0. The highest BCUT2D eigenvalue weighted by Gasteiger charge is 2.28. The molecule has 1 saturated carbocycles. The van der Waals surface area contributed by atoms with Crippen LogP contribution in [0.1, 0.15) is 57.2 Å². The molecule has 0 aliphatic heterocycles. The topological polar surface area (TPSA) is 28.7 Å². The van der Waals surface area contributed by atoms with Crippen LogP contribution < -0.4 is 0 Å². The van der Waals surface area contributed by atoms with Crippen LogP contribution in [0.15, 0.2) is 6.20 Å². The maximum absolute atomic E-state index is 4.11. The van der Waals surface area contributed by atoms with Gasteiger partial charge >= 0.3 is 0 Å². The normalized spacial score (nSPS) is 23.2. The monoisotopic (exact) mass is 210 g/mol. The minimum atomic E-state index is 0.426. The number of hydrogen-bond donors (Lipinski definition) is 1. The molecule has 0 unspecified atom stereocenters. The fraction of sp³-hybridized carbons (Fsp3) is 0.818. The van der Waals surface area contributed by atoms with E-state index in [1.54, 1.807) is 0 Å². The van der Waals surface area contributed by atoms with Crippen molar-refractivity contribution in [1.29, 1.82) is 0 Å². The molecule has 1 N–H and O–H groups in total. The Morgan fingerprint density at radius 1 is 1.21 bits per heavy atom. The van der Waals surface area contributed by atoms with Gasteiger partial charge in [-0.15, -0.1) is 0 Å². The molecule has 0 spiro atoms. The van der Waals surface area contributed by atoms with E-state index in [4.69, 9.17) is 0 Å². The van der Waals surface area contributed by atoms with Crippen molar-refractivity contribution >= 4 is 8.35 Å². The van der Waals surface area contributed by atoms with Gasteiger partial charge in [-0.25, -0.2) is 0 Å². The van der Waals surface area contributed by atoms with Gasteiger partial charge in [0, 0.05) is 13.6 Å². The Bertz CT molecular complexity index is 261. The SMILES string of the molecule is CC1(c2cn[nH]p2)CCCCCCC1. The zero-order valence-electron chi connectivity index (χ0n) is 8.92. The van der Waals surface area contributed by atoms with Gasteiger partial charge in [-0.2, -0.15) is 5.10 Å². The molecule has 1 fully saturated rings. The third-order valence-corrected chi connectivity index (χ3v) is 4.60. The summed E-state index contributed by atoms with van der Waals surface area (Å²) in [7, 11) is 1.22. The molecule has 78 valence electrons. The van der Waals surface area contributed by atoms with Crippen LogP contribution in [0.2, 0.25) is 0 Å². The van der Waals surface area contributed by atoms with Gasteiger partial charge in [-0.3, -0.25) is 4.86 Å². The lowest BCUT2D eigenvalue weighted by Gasteiger charge is -2.30. The van der Waals surface area contributed by atoms with Crippen molar-refractivity contribution in [1.82, 2.24) is 9.96 Å². The predicted octanol–water partition coefficient (Wildman–Crippen LogP) is 3.99. The Morgan fingerprint density at radius 2 is 1.86 bits per heavy atom. The van der Waals surface area contributed by atoms with Gasteiger partial charge in [0.05, 0.1) is 6.20 Å². The molecule has 0 saturated heterocycles. The first kappa shape index (κ1) is 10.2. The van der Waals surface area contributed by atoms with Crippen molar-refractivity contribution in [3.8, 4) is 0 Å². The number of nitrogens with zero attached hydrogens (tertiary/aromatic N) is 1. The fourth-order valence-corrected chi connectivity index (χ4v) is 3.27. The fourth-order valence-electron chi connectivity index (χ4n) is 2.43. The lowest BCUT2D eigenvalue weighted by molar-refractivity contribution is 0.346. The highest BCUT2D eigenvalue weighted by molar-refractivity contribution is 7.26. The van der Waals surface area contributed by atoms with Gasteiger partial charge in [-0.05, 0) is 18.3 Å². The van der Waals surface area contributed by atoms with Crippen LogP contribution in [-0.2, 0) is 5.41 Å². The molecule has 1 aliphatic rings. The average molecular weight is 210 g/mol. The molecule has 1 heterocycles. The minimum absolute atomic E-state index is 0.426. The molecule has 0 amide bonds. The number of aromatic nitrogens is 2. The van der Waals surface area contributed by atoms with Gasteiger partial charge in [0.2, 0.25) is 0 Å². The molecule has 1 aromatic rings. The van der Waals surface area contributed by atoms with Crippen molar-refractivity contribution in [3.63, 3.8) is 0 Å². The van der Waals surface area contributed by atoms with Crippen LogP contribution in [0.25, 0.3) is 0 Å². The van der Waals surface area contributed by atoms with Crippen LogP contribution in [0.3, 0.4) is 0 Å². The maximum atomic E-state index is 4.11. The van der Waals surface area contributed by atoms with Crippen LogP contribution in [0.5, 0.6) is 0 Å². The second kappa shape index (κ2) is 4.44. The van der Waals surface area contributed by atoms with Gasteiger partial charge < -0.3 is 0 Å². The summed E-state index contributed by atoms with van der Waals surface area (Å²) in [5.41, 5.74) is 0.426. The van der Waals surface area contributed by atoms with Crippen LogP contribution in [0.4, 0.5) is 0 Å². The van der Waals surface area contributed by atoms with E-state index < -0.39 is 0 Å². The number of hydrogen-bond acceptors (Lipinski definition) is 1. The summed E-state index contributed by atoms with van der Waals surface area (Å²) < 4.78 is 0. The number of nitrogens with one attached hydrogen (secondary N) is 1. The zero-order valence-corrected chi connectivity index (χ0v) is 9.82. The van der Waals surface area contributed by atoms with E-state index in [1.165, 1.54) is 58.6 Å². The van der Waals surface area contributed by atoms with Gasteiger partial charge in [0.15, 0.2) is 0 Å². The van der Waals surface area contributed by atoms with E-state index >= 15 is 0 Å². The van der Waals surface area contributed by atoms with E-state index in [2.05, 4.69) is 16.9 Å². The summed E-state index contributed by atoms with van der Waals surface area (Å²) in [5.74, 6) is 0. The molecule has 1 aromatic heterocycles. The van der Waals surface area contributed by atoms with E-state index in [1.807, 2.05) is 6.20 Å². The number of rotatable bonds is 1. The number of H-pyrrole nitrogens is 1. The van der Waals surface area contributed by atoms with E-state index in [9.17, 15) is 0 Å². The second-order valence-corrected chi connectivity index (χ2v) is 5.59. The van der Waals surface area contributed by atoms with Gasteiger partial charge in [-0.1, -0.05) is 39.0 Å². The average Bonchev–Trinajstić information content (AvgIpc) is 2.65. The molecule has 14 heavy (non-hydrogen) atoms. The predicted molar refractivity (Wildman–Crippen MR) is 60.8 cm³/mol. The quantitative estimate of drug-likeness (QED) is 0.745. The Morgan fingerprint density at radius 3 is 2.43 bits per heavy atom. The molecule has 1 aliphatic carbocycles. The molecule has 3 heteroatoms. The summed E-state index contributed by atoms with van der Waals surface area (Å²) in [6, 6.07) is 0. The summed E-state index contributed by atoms with van der Waals surface area (Å²) in [4.78, 5) is 3.04. The van der Waals surface area contributed by atoms with Gasteiger partial charge in [0.25, 0.3) is 0 Å². The van der Waals surface area contributed by atoms with Crippen LogP contribution in [-0.4, -0.2) is 9.96 Å². The zero-order chi connectivity index (χ0) is 9.86. The molecule has 0 aromatic carbocycles. The van der Waals surface area contributed by atoms with Crippen LogP contribution in [0, 0.1) is 0 Å². The van der Waals surface area contributed by atoms with Crippen LogP contribution >= 0.6 is 8.35 Å². The summed E-state index contributed by atoms with van der Waals surface area (Å²) in [6.07, 6.45) is 11.8. The third kappa shape index (κ3) is 2.17. The molecular weight excluding hydrogens is 191 g/mol. The molecule has 0 bridgehead atoms. The smallest absolute Gasteiger partial charge is 0.0573 e. The van der Waals surface area contributed by atoms with Crippen molar-refractivity contribution in [2.24, 2.45) is 0 Å². The molecule has 2 rings (SSSR count). The summed E-state index contributed by atoms with van der Waals surface area (Å²) in [6.45, 7) is 2.42. The van der Waals surface area contributed by atoms with Crippen molar-refractivity contribution in [2.45, 2.75) is 57.3 Å². The van der Waals surface area contributed by atoms with E-state index in [-0.39, 0.29) is 0 Å². The molecule has 2 nitrogen and oxygen atoms in total. The van der Waals surface area contributed by atoms with Gasteiger partial charge in [0.1, 0.15) is 0 Å². The standard InChI is InChI=1S/C11H19N2P/c1-11(10-9-12-13-14-10)7-5-3-2-4-6-8-11/h9H,2-8H2,1H3,(H,12,13). The first-order valence-electron chi connectivity index (χ1n) is 5.67. The lowest BCUT2D eigenvalue weighted by Crippen LogP contribution is -2.21. The molecule has 0 radical (unpaired) electrons. The Kier molecular flexibility index (Phi) is 3.22. The Hall–Kier alpha value is -0.360. The highest BCUT2D eigenvalue weighted by atomic mass is 31.0. The Balaban J connectivity index is 2.11. The van der Waals surface area contributed by atoms with E-state index in [0.29, 0.717) is 5.41 Å². The first-order chi connectivity index (χ1) is 6.81. The van der Waals surface area contributed by atoms with Crippen molar-refractivity contribution < 1.29 is 0 Å². The Labute approximate surface area is 87.7 Å². The second-order valence-electron chi connectivity index (χ2n) is 4.68. The maximum Gasteiger partial charge on any atom is 0.0573 e. The van der Waals surface area contributed by atoms with Crippen molar-refractivity contribution in [3.05, 3.63) is 11.5 Å². The van der Waals surface area contributed by atoms with Crippen molar-refractivity contribution in [2.75, 3.05) is 0 Å². The lowest BCUT2D eigenvalue weighted by atomic mass is 9.77. The largest absolute Gasteiger partial charge is 0.260 e. The highest BCUT2D eigenvalue weighted by Crippen LogP contribution is 2.39. The summed E-state index contributed by atoms with van der Waals surface area (Å²) in [5, 5.41) is 5.61. The molecular formula is C11H19N2P. The number of aromatic amines is 1. The third-order valence-electron chi connectivity index (χ3n) is 3.49.